The fourth-order valence-corrected chi connectivity index (χ4v) is 2.94. The highest BCUT2D eigenvalue weighted by Gasteiger charge is 2.24. The molecular formula is C18H27NO3. The topological polar surface area (TPSA) is 41.9 Å². The smallest absolute Gasteiger partial charge is 0.122 e. The third-order valence-corrected chi connectivity index (χ3v) is 3.73. The van der Waals surface area contributed by atoms with E-state index in [1.54, 1.807) is 0 Å². The summed E-state index contributed by atoms with van der Waals surface area (Å²) < 4.78 is 11.5. The number of hydrogen-bond acceptors (Lipinski definition) is 4. The molecule has 1 N–H and O–H groups in total. The van der Waals surface area contributed by atoms with Gasteiger partial charge in [0.05, 0.1) is 12.2 Å². The van der Waals surface area contributed by atoms with E-state index in [1.807, 2.05) is 30.3 Å². The van der Waals surface area contributed by atoms with Crippen molar-refractivity contribution in [3.8, 4) is 5.75 Å². The highest BCUT2D eigenvalue weighted by molar-refractivity contribution is 5.34. The van der Waals surface area contributed by atoms with Gasteiger partial charge in [0.1, 0.15) is 18.5 Å². The van der Waals surface area contributed by atoms with E-state index in [-0.39, 0.29) is 12.2 Å². The monoisotopic (exact) mass is 305 g/mol. The molecule has 1 aliphatic rings. The van der Waals surface area contributed by atoms with E-state index in [2.05, 4.69) is 25.3 Å². The molecule has 1 fully saturated rings. The first-order valence-corrected chi connectivity index (χ1v) is 7.96. The van der Waals surface area contributed by atoms with E-state index in [0.29, 0.717) is 13.2 Å². The lowest BCUT2D eigenvalue weighted by Gasteiger charge is -2.36. The lowest BCUT2D eigenvalue weighted by atomic mass is 10.1. The van der Waals surface area contributed by atoms with Gasteiger partial charge in [-0.05, 0) is 31.9 Å². The van der Waals surface area contributed by atoms with Gasteiger partial charge in [-0.3, -0.25) is 4.90 Å². The Hall–Kier alpha value is -1.36. The average Bonchev–Trinajstić information content (AvgIpc) is 2.45. The largest absolute Gasteiger partial charge is 0.491 e. The van der Waals surface area contributed by atoms with Crippen LogP contribution in [0.3, 0.4) is 0 Å². The van der Waals surface area contributed by atoms with Gasteiger partial charge in [-0.1, -0.05) is 24.3 Å². The van der Waals surface area contributed by atoms with Gasteiger partial charge in [-0.2, -0.15) is 0 Å². The van der Waals surface area contributed by atoms with Gasteiger partial charge >= 0.3 is 0 Å². The van der Waals surface area contributed by atoms with Crippen LogP contribution in [-0.2, 0) is 11.2 Å². The van der Waals surface area contributed by atoms with Crippen LogP contribution in [0.5, 0.6) is 5.75 Å². The molecule has 122 valence electrons. The minimum Gasteiger partial charge on any atom is -0.491 e. The van der Waals surface area contributed by atoms with Crippen LogP contribution in [-0.4, -0.2) is 54.6 Å². The van der Waals surface area contributed by atoms with Crippen molar-refractivity contribution in [2.45, 2.75) is 38.6 Å². The molecule has 0 amide bonds. The van der Waals surface area contributed by atoms with Gasteiger partial charge in [0.25, 0.3) is 0 Å². The van der Waals surface area contributed by atoms with Crippen LogP contribution in [0.15, 0.2) is 36.9 Å². The van der Waals surface area contributed by atoms with Crippen molar-refractivity contribution in [1.29, 1.82) is 0 Å². The molecule has 1 aromatic carbocycles. The molecular weight excluding hydrogens is 278 g/mol. The van der Waals surface area contributed by atoms with Crippen LogP contribution >= 0.6 is 0 Å². The van der Waals surface area contributed by atoms with E-state index < -0.39 is 6.10 Å². The van der Waals surface area contributed by atoms with Crippen LogP contribution in [0.2, 0.25) is 0 Å². The Morgan fingerprint density at radius 1 is 1.36 bits per heavy atom. The fraction of sp³-hybridized carbons (Fsp3) is 0.556. The maximum Gasteiger partial charge on any atom is 0.122 e. The summed E-state index contributed by atoms with van der Waals surface area (Å²) in [5.74, 6) is 0.824. The van der Waals surface area contributed by atoms with Gasteiger partial charge in [0.2, 0.25) is 0 Å². The number of morpholine rings is 1. The van der Waals surface area contributed by atoms with E-state index in [9.17, 15) is 5.11 Å². The fourth-order valence-electron chi connectivity index (χ4n) is 2.94. The molecule has 3 atom stereocenters. The highest BCUT2D eigenvalue weighted by atomic mass is 16.5. The predicted octanol–water partition coefficient (Wildman–Crippen LogP) is 2.26. The summed E-state index contributed by atoms with van der Waals surface area (Å²) in [5.41, 5.74) is 1.10. The van der Waals surface area contributed by atoms with Gasteiger partial charge < -0.3 is 14.6 Å². The van der Waals surface area contributed by atoms with Crippen molar-refractivity contribution in [2.75, 3.05) is 26.2 Å². The zero-order valence-electron chi connectivity index (χ0n) is 13.6. The number of ether oxygens (including phenoxy) is 2. The first-order chi connectivity index (χ1) is 10.6. The number of aliphatic hydroxyl groups is 1. The minimum absolute atomic E-state index is 0.213. The van der Waals surface area contributed by atoms with E-state index in [4.69, 9.17) is 9.47 Å². The van der Waals surface area contributed by atoms with E-state index in [0.717, 1.165) is 30.8 Å². The molecule has 2 rings (SSSR count). The first kappa shape index (κ1) is 17.0. The average molecular weight is 305 g/mol. The lowest BCUT2D eigenvalue weighted by Crippen LogP contribution is -2.48. The molecule has 0 radical (unpaired) electrons. The minimum atomic E-state index is -0.505. The summed E-state index contributed by atoms with van der Waals surface area (Å²) in [5, 5.41) is 10.2. The summed E-state index contributed by atoms with van der Waals surface area (Å²) in [6.45, 7) is 10.5. The van der Waals surface area contributed by atoms with Crippen molar-refractivity contribution < 1.29 is 14.6 Å². The SMILES string of the molecule is C=CCc1ccccc1OC[C@H](O)CN1C[C@H](C)O[C@@H](C)C1. The van der Waals surface area contributed by atoms with Gasteiger partial charge in [0.15, 0.2) is 0 Å². The Morgan fingerprint density at radius 2 is 2.05 bits per heavy atom. The number of allylic oxidation sites excluding steroid dienone is 1. The van der Waals surface area contributed by atoms with Crippen molar-refractivity contribution in [1.82, 2.24) is 4.90 Å². The van der Waals surface area contributed by atoms with Crippen LogP contribution in [0, 0.1) is 0 Å². The second-order valence-electron chi connectivity index (χ2n) is 6.04. The molecule has 1 aliphatic heterocycles. The van der Waals surface area contributed by atoms with Gasteiger partial charge in [-0.15, -0.1) is 6.58 Å². The molecule has 4 heteroatoms. The molecule has 0 spiro atoms. The molecule has 1 saturated heterocycles. The third-order valence-electron chi connectivity index (χ3n) is 3.73. The van der Waals surface area contributed by atoms with Crippen LogP contribution in [0.25, 0.3) is 0 Å². The number of para-hydroxylation sites is 1. The normalized spacial score (nSPS) is 24.0. The first-order valence-electron chi connectivity index (χ1n) is 7.96. The molecule has 0 bridgehead atoms. The van der Waals surface area contributed by atoms with E-state index in [1.165, 1.54) is 0 Å². The second-order valence-corrected chi connectivity index (χ2v) is 6.04. The molecule has 0 aliphatic carbocycles. The summed E-state index contributed by atoms with van der Waals surface area (Å²) in [6, 6.07) is 7.89. The number of rotatable bonds is 7. The third kappa shape index (κ3) is 5.13. The summed E-state index contributed by atoms with van der Waals surface area (Å²) in [4.78, 5) is 2.24. The quantitative estimate of drug-likeness (QED) is 0.785. The Bertz CT molecular complexity index is 467. The number of nitrogens with zero attached hydrogens (tertiary/aromatic N) is 1. The zero-order valence-corrected chi connectivity index (χ0v) is 13.6. The highest BCUT2D eigenvalue weighted by Crippen LogP contribution is 2.19. The Labute approximate surface area is 133 Å². The predicted molar refractivity (Wildman–Crippen MR) is 88.3 cm³/mol. The summed E-state index contributed by atoms with van der Waals surface area (Å²) in [6.07, 6.45) is 2.55. The molecule has 0 saturated carbocycles. The number of hydrogen-bond donors (Lipinski definition) is 1. The van der Waals surface area contributed by atoms with Crippen molar-refractivity contribution in [3.63, 3.8) is 0 Å². The molecule has 4 nitrogen and oxygen atoms in total. The van der Waals surface area contributed by atoms with Crippen LogP contribution in [0.1, 0.15) is 19.4 Å². The van der Waals surface area contributed by atoms with Crippen LogP contribution < -0.4 is 4.74 Å². The van der Waals surface area contributed by atoms with Crippen molar-refractivity contribution in [3.05, 3.63) is 42.5 Å². The molecule has 1 aromatic rings. The molecule has 0 unspecified atom stereocenters. The molecule has 1 heterocycles. The number of β-amino-alcohol motifs (C(OH)–C–C–N with tert-alkyl or cyclic N) is 1. The Balaban J connectivity index is 1.82. The summed E-state index contributed by atoms with van der Waals surface area (Å²) >= 11 is 0. The summed E-state index contributed by atoms with van der Waals surface area (Å²) in [7, 11) is 0. The van der Waals surface area contributed by atoms with Gasteiger partial charge in [0, 0.05) is 19.6 Å². The number of benzene rings is 1. The maximum atomic E-state index is 10.2. The Kier molecular flexibility index (Phi) is 6.43. The van der Waals surface area contributed by atoms with Gasteiger partial charge in [-0.25, -0.2) is 0 Å². The second kappa shape index (κ2) is 8.32. The lowest BCUT2D eigenvalue weighted by molar-refractivity contribution is -0.0786. The van der Waals surface area contributed by atoms with Crippen molar-refractivity contribution >= 4 is 0 Å². The zero-order chi connectivity index (χ0) is 15.9. The standard InChI is InChI=1S/C18H27NO3/c1-4-7-16-8-5-6-9-18(16)21-13-17(20)12-19-10-14(2)22-15(3)11-19/h4-6,8-9,14-15,17,20H,1,7,10-13H2,2-3H3/t14-,15-,17+/m0/s1. The van der Waals surface area contributed by atoms with E-state index >= 15 is 0 Å². The van der Waals surface area contributed by atoms with Crippen LogP contribution in [0.4, 0.5) is 0 Å². The molecule has 22 heavy (non-hydrogen) atoms. The van der Waals surface area contributed by atoms with Crippen molar-refractivity contribution in [2.24, 2.45) is 0 Å². The Morgan fingerprint density at radius 3 is 2.73 bits per heavy atom. The molecule has 0 aromatic heterocycles. The maximum absolute atomic E-state index is 10.2. The number of aliphatic hydroxyl groups excluding tert-OH is 1.